The largest absolute Gasteiger partial charge is 0.507 e. The Morgan fingerprint density at radius 1 is 1.22 bits per heavy atom. The highest BCUT2D eigenvalue weighted by atomic mass is 16.5. The van der Waals surface area contributed by atoms with Crippen molar-refractivity contribution in [3.8, 4) is 11.5 Å². The molecule has 0 radical (unpaired) electrons. The number of ether oxygens (including phenoxy) is 1. The lowest BCUT2D eigenvalue weighted by atomic mass is 10.1. The van der Waals surface area contributed by atoms with Crippen LogP contribution in [0.3, 0.4) is 0 Å². The number of hydrogen-bond donors (Lipinski definition) is 3. The minimum atomic E-state index is -1.40. The number of phenols is 2. The first-order chi connectivity index (χ1) is 8.36. The van der Waals surface area contributed by atoms with E-state index in [1.807, 2.05) is 6.92 Å². The number of esters is 1. The summed E-state index contributed by atoms with van der Waals surface area (Å²) < 4.78 is 4.96. The first-order valence-corrected chi connectivity index (χ1v) is 5.37. The molecule has 18 heavy (non-hydrogen) atoms. The molecule has 1 unspecified atom stereocenters. The summed E-state index contributed by atoms with van der Waals surface area (Å²) in [4.78, 5) is 22.3. The van der Waals surface area contributed by atoms with E-state index in [1.165, 1.54) is 0 Å². The molecule has 98 valence electrons. The van der Waals surface area contributed by atoms with E-state index in [0.717, 1.165) is 12.1 Å². The van der Waals surface area contributed by atoms with Gasteiger partial charge >= 0.3 is 11.9 Å². The molecule has 6 heteroatoms. The first kappa shape index (κ1) is 13.8. The number of benzene rings is 1. The Hall–Kier alpha value is -2.24. The molecule has 0 heterocycles. The molecule has 0 saturated heterocycles. The van der Waals surface area contributed by atoms with Crippen LogP contribution in [0.25, 0.3) is 0 Å². The standard InChI is InChI=1S/C12H14O6/c1-3-6(2)18-12(17)8-5-9(13)7(11(15)16)4-10(8)14/h4-6,13-14H,3H2,1-2H3,(H,15,16). The van der Waals surface area contributed by atoms with Gasteiger partial charge < -0.3 is 20.1 Å². The first-order valence-electron chi connectivity index (χ1n) is 5.37. The van der Waals surface area contributed by atoms with Crippen molar-refractivity contribution in [2.75, 3.05) is 0 Å². The highest BCUT2D eigenvalue weighted by Gasteiger charge is 2.20. The van der Waals surface area contributed by atoms with Crippen molar-refractivity contribution in [3.05, 3.63) is 23.3 Å². The Bertz CT molecular complexity index is 480. The Labute approximate surface area is 103 Å². The smallest absolute Gasteiger partial charge is 0.342 e. The quantitative estimate of drug-likeness (QED) is 0.558. The van der Waals surface area contributed by atoms with Gasteiger partial charge in [-0.05, 0) is 25.5 Å². The van der Waals surface area contributed by atoms with Crippen LogP contribution in [0.5, 0.6) is 11.5 Å². The molecule has 0 aliphatic rings. The van der Waals surface area contributed by atoms with E-state index in [9.17, 15) is 19.8 Å². The van der Waals surface area contributed by atoms with E-state index in [0.29, 0.717) is 6.42 Å². The molecule has 0 spiro atoms. The molecular weight excluding hydrogens is 240 g/mol. The van der Waals surface area contributed by atoms with E-state index in [2.05, 4.69) is 0 Å². The molecule has 0 aliphatic heterocycles. The average Bonchev–Trinajstić information content (AvgIpc) is 2.30. The van der Waals surface area contributed by atoms with Crippen molar-refractivity contribution in [1.82, 2.24) is 0 Å². The van der Waals surface area contributed by atoms with Crippen molar-refractivity contribution in [2.45, 2.75) is 26.4 Å². The van der Waals surface area contributed by atoms with E-state index in [-0.39, 0.29) is 11.7 Å². The fraction of sp³-hybridized carbons (Fsp3) is 0.333. The van der Waals surface area contributed by atoms with Crippen LogP contribution in [0.2, 0.25) is 0 Å². The minimum absolute atomic E-state index is 0.266. The van der Waals surface area contributed by atoms with Gasteiger partial charge in [-0.1, -0.05) is 6.92 Å². The van der Waals surface area contributed by atoms with Crippen LogP contribution in [0.4, 0.5) is 0 Å². The van der Waals surface area contributed by atoms with Gasteiger partial charge in [-0.2, -0.15) is 0 Å². The van der Waals surface area contributed by atoms with E-state index >= 15 is 0 Å². The lowest BCUT2D eigenvalue weighted by Gasteiger charge is -2.12. The molecule has 0 amide bonds. The molecule has 1 aromatic rings. The van der Waals surface area contributed by atoms with Gasteiger partial charge in [-0.3, -0.25) is 0 Å². The monoisotopic (exact) mass is 254 g/mol. The summed E-state index contributed by atoms with van der Waals surface area (Å²) in [5, 5.41) is 27.7. The summed E-state index contributed by atoms with van der Waals surface area (Å²) in [6.07, 6.45) is 0.268. The highest BCUT2D eigenvalue weighted by molar-refractivity contribution is 5.97. The SMILES string of the molecule is CCC(C)OC(=O)c1cc(O)c(C(=O)O)cc1O. The van der Waals surface area contributed by atoms with Gasteiger partial charge in [-0.15, -0.1) is 0 Å². The number of carboxylic acids is 1. The second-order valence-electron chi connectivity index (χ2n) is 3.82. The van der Waals surface area contributed by atoms with Crippen molar-refractivity contribution in [2.24, 2.45) is 0 Å². The maximum absolute atomic E-state index is 11.6. The number of carbonyl (C=O) groups excluding carboxylic acids is 1. The number of aromatic carboxylic acids is 1. The molecule has 0 aromatic heterocycles. The van der Waals surface area contributed by atoms with Gasteiger partial charge in [0.25, 0.3) is 0 Å². The van der Waals surface area contributed by atoms with Crippen LogP contribution < -0.4 is 0 Å². The Kier molecular flexibility index (Phi) is 4.14. The summed E-state index contributed by atoms with van der Waals surface area (Å²) in [5.41, 5.74) is -0.745. The summed E-state index contributed by atoms with van der Waals surface area (Å²) in [7, 11) is 0. The van der Waals surface area contributed by atoms with Gasteiger partial charge in [0, 0.05) is 0 Å². The van der Waals surface area contributed by atoms with Gasteiger partial charge in [0.1, 0.15) is 22.6 Å². The molecule has 1 rings (SSSR count). The van der Waals surface area contributed by atoms with Crippen molar-refractivity contribution in [1.29, 1.82) is 0 Å². The van der Waals surface area contributed by atoms with Crippen LogP contribution in [0.1, 0.15) is 41.0 Å². The molecule has 0 bridgehead atoms. The predicted molar refractivity (Wildman–Crippen MR) is 61.9 cm³/mol. The summed E-state index contributed by atoms with van der Waals surface area (Å²) in [5.74, 6) is -3.35. The molecule has 6 nitrogen and oxygen atoms in total. The molecule has 1 aromatic carbocycles. The van der Waals surface area contributed by atoms with Gasteiger partial charge in [-0.25, -0.2) is 9.59 Å². The third kappa shape index (κ3) is 2.91. The minimum Gasteiger partial charge on any atom is -0.507 e. The van der Waals surface area contributed by atoms with E-state index in [4.69, 9.17) is 9.84 Å². The Morgan fingerprint density at radius 2 is 1.72 bits per heavy atom. The lowest BCUT2D eigenvalue weighted by Crippen LogP contribution is -2.14. The number of phenolic OH excluding ortho intramolecular Hbond substituents is 1. The molecule has 0 fully saturated rings. The Morgan fingerprint density at radius 3 is 2.22 bits per heavy atom. The van der Waals surface area contributed by atoms with Crippen molar-refractivity contribution >= 4 is 11.9 Å². The van der Waals surface area contributed by atoms with E-state index < -0.39 is 29.0 Å². The summed E-state index contributed by atoms with van der Waals surface area (Å²) in [6.45, 7) is 3.50. The number of aromatic hydroxyl groups is 2. The van der Waals surface area contributed by atoms with Crippen LogP contribution >= 0.6 is 0 Å². The third-order valence-electron chi connectivity index (χ3n) is 2.45. The van der Waals surface area contributed by atoms with Crippen LogP contribution in [0, 0.1) is 0 Å². The van der Waals surface area contributed by atoms with Crippen LogP contribution in [0.15, 0.2) is 12.1 Å². The lowest BCUT2D eigenvalue weighted by molar-refractivity contribution is 0.0330. The van der Waals surface area contributed by atoms with Gasteiger partial charge in [0.05, 0.1) is 6.10 Å². The van der Waals surface area contributed by atoms with Crippen LogP contribution in [-0.4, -0.2) is 33.4 Å². The zero-order valence-electron chi connectivity index (χ0n) is 10.0. The molecule has 0 saturated carbocycles. The van der Waals surface area contributed by atoms with E-state index in [1.54, 1.807) is 6.92 Å². The van der Waals surface area contributed by atoms with Gasteiger partial charge in [0.15, 0.2) is 0 Å². The fourth-order valence-electron chi connectivity index (χ4n) is 1.24. The van der Waals surface area contributed by atoms with Crippen LogP contribution in [-0.2, 0) is 4.74 Å². The second-order valence-corrected chi connectivity index (χ2v) is 3.82. The highest BCUT2D eigenvalue weighted by Crippen LogP contribution is 2.28. The second kappa shape index (κ2) is 5.39. The number of rotatable bonds is 4. The van der Waals surface area contributed by atoms with Gasteiger partial charge in [0.2, 0.25) is 0 Å². The Balaban J connectivity index is 3.08. The summed E-state index contributed by atoms with van der Waals surface area (Å²) in [6, 6.07) is 1.69. The number of hydrogen-bond acceptors (Lipinski definition) is 5. The number of carboxylic acid groups (broad SMARTS) is 1. The third-order valence-corrected chi connectivity index (χ3v) is 2.45. The van der Waals surface area contributed by atoms with Crippen molar-refractivity contribution < 1.29 is 29.6 Å². The topological polar surface area (TPSA) is 104 Å². The molecule has 0 aliphatic carbocycles. The zero-order chi connectivity index (χ0) is 13.9. The van der Waals surface area contributed by atoms with Crippen molar-refractivity contribution in [3.63, 3.8) is 0 Å². The molecule has 3 N–H and O–H groups in total. The molecular formula is C12H14O6. The maximum atomic E-state index is 11.6. The predicted octanol–water partition coefficient (Wildman–Crippen LogP) is 1.75. The summed E-state index contributed by atoms with van der Waals surface area (Å²) >= 11 is 0. The number of carbonyl (C=O) groups is 2. The zero-order valence-corrected chi connectivity index (χ0v) is 10.0. The fourth-order valence-corrected chi connectivity index (χ4v) is 1.24. The normalized spacial score (nSPS) is 11.9. The maximum Gasteiger partial charge on any atom is 0.342 e. The average molecular weight is 254 g/mol. The molecule has 1 atom stereocenters.